The number of hydrogen-bond donors (Lipinski definition) is 2. The summed E-state index contributed by atoms with van der Waals surface area (Å²) < 4.78 is 14.7. The van der Waals surface area contributed by atoms with E-state index in [4.69, 9.17) is 5.11 Å². The monoisotopic (exact) mass is 351 g/mol. The predicted molar refractivity (Wildman–Crippen MR) is 82.8 cm³/mol. The van der Waals surface area contributed by atoms with E-state index in [2.05, 4.69) is 21.2 Å². The zero-order valence-electron chi connectivity index (χ0n) is 11.4. The van der Waals surface area contributed by atoms with Crippen molar-refractivity contribution in [2.75, 3.05) is 0 Å². The first-order valence-electron chi connectivity index (χ1n) is 6.48. The van der Waals surface area contributed by atoms with Crippen LogP contribution >= 0.6 is 15.9 Å². The molecule has 1 unspecified atom stereocenters. The summed E-state index contributed by atoms with van der Waals surface area (Å²) in [5.41, 5.74) is 1.50. The molecule has 0 saturated carbocycles. The van der Waals surface area contributed by atoms with Crippen molar-refractivity contribution in [2.24, 2.45) is 0 Å². The molecule has 0 aromatic heterocycles. The molecule has 2 rings (SSSR count). The Hall–Kier alpha value is -1.72. The van der Waals surface area contributed by atoms with Gasteiger partial charge in [0.25, 0.3) is 0 Å². The van der Waals surface area contributed by atoms with Crippen LogP contribution in [-0.4, -0.2) is 11.1 Å². The largest absolute Gasteiger partial charge is 0.478 e. The van der Waals surface area contributed by atoms with Crippen molar-refractivity contribution in [3.63, 3.8) is 0 Å². The SMILES string of the molecule is CC(NCc1cc(C(=O)O)ccc1F)c1cccc(Br)c1. The molecule has 2 N–H and O–H groups in total. The van der Waals surface area contributed by atoms with Crippen LogP contribution in [0.15, 0.2) is 46.9 Å². The molecule has 0 aliphatic heterocycles. The van der Waals surface area contributed by atoms with Crippen LogP contribution in [0.3, 0.4) is 0 Å². The molecule has 0 heterocycles. The van der Waals surface area contributed by atoms with Gasteiger partial charge >= 0.3 is 5.97 Å². The van der Waals surface area contributed by atoms with Crippen molar-refractivity contribution in [3.8, 4) is 0 Å². The molecule has 0 spiro atoms. The quantitative estimate of drug-likeness (QED) is 0.851. The fourth-order valence-corrected chi connectivity index (χ4v) is 2.42. The van der Waals surface area contributed by atoms with Crippen LogP contribution in [0.4, 0.5) is 4.39 Å². The van der Waals surface area contributed by atoms with Crippen molar-refractivity contribution >= 4 is 21.9 Å². The summed E-state index contributed by atoms with van der Waals surface area (Å²) in [5, 5.41) is 12.1. The van der Waals surface area contributed by atoms with Gasteiger partial charge in [-0.05, 0) is 42.8 Å². The lowest BCUT2D eigenvalue weighted by Crippen LogP contribution is -2.19. The van der Waals surface area contributed by atoms with E-state index in [1.807, 2.05) is 31.2 Å². The summed E-state index contributed by atoms with van der Waals surface area (Å²) >= 11 is 3.41. The topological polar surface area (TPSA) is 49.3 Å². The molecule has 2 aromatic rings. The smallest absolute Gasteiger partial charge is 0.335 e. The average Bonchev–Trinajstić information content (AvgIpc) is 2.45. The number of hydrogen-bond acceptors (Lipinski definition) is 2. The first-order chi connectivity index (χ1) is 9.97. The summed E-state index contributed by atoms with van der Waals surface area (Å²) in [5.74, 6) is -1.47. The highest BCUT2D eigenvalue weighted by Crippen LogP contribution is 2.19. The Labute approximate surface area is 130 Å². The molecular formula is C16H15BrFNO2. The molecule has 1 atom stereocenters. The zero-order chi connectivity index (χ0) is 15.4. The van der Waals surface area contributed by atoms with E-state index in [1.165, 1.54) is 18.2 Å². The fraction of sp³-hybridized carbons (Fsp3) is 0.188. The number of halogens is 2. The van der Waals surface area contributed by atoms with Crippen LogP contribution in [0.1, 0.15) is 34.5 Å². The number of carboxylic acids is 1. The predicted octanol–water partition coefficient (Wildman–Crippen LogP) is 4.14. The molecule has 0 amide bonds. The molecule has 0 aliphatic carbocycles. The lowest BCUT2D eigenvalue weighted by Gasteiger charge is -2.15. The molecule has 0 saturated heterocycles. The Bertz CT molecular complexity index is 660. The second-order valence-corrected chi connectivity index (χ2v) is 5.68. The summed E-state index contributed by atoms with van der Waals surface area (Å²) in [7, 11) is 0. The van der Waals surface area contributed by atoms with E-state index in [-0.39, 0.29) is 18.2 Å². The van der Waals surface area contributed by atoms with E-state index < -0.39 is 11.8 Å². The molecule has 0 radical (unpaired) electrons. The summed E-state index contributed by atoms with van der Waals surface area (Å²) in [6.45, 7) is 2.24. The lowest BCUT2D eigenvalue weighted by atomic mass is 10.1. The van der Waals surface area contributed by atoms with Crippen molar-refractivity contribution in [3.05, 3.63) is 69.4 Å². The van der Waals surface area contributed by atoms with Crippen molar-refractivity contribution < 1.29 is 14.3 Å². The third kappa shape index (κ3) is 4.12. The van der Waals surface area contributed by atoms with Gasteiger partial charge in [-0.2, -0.15) is 0 Å². The minimum atomic E-state index is -1.06. The molecule has 21 heavy (non-hydrogen) atoms. The zero-order valence-corrected chi connectivity index (χ0v) is 13.0. The van der Waals surface area contributed by atoms with Crippen molar-refractivity contribution in [1.29, 1.82) is 0 Å². The van der Waals surface area contributed by atoms with Gasteiger partial charge in [0.15, 0.2) is 0 Å². The Balaban J connectivity index is 2.09. The third-order valence-corrected chi connectivity index (χ3v) is 3.73. The maximum atomic E-state index is 13.7. The number of rotatable bonds is 5. The summed E-state index contributed by atoms with van der Waals surface area (Å²) in [6.07, 6.45) is 0. The van der Waals surface area contributed by atoms with Crippen LogP contribution < -0.4 is 5.32 Å². The lowest BCUT2D eigenvalue weighted by molar-refractivity contribution is 0.0696. The van der Waals surface area contributed by atoms with Gasteiger partial charge < -0.3 is 10.4 Å². The van der Waals surface area contributed by atoms with Crippen molar-refractivity contribution in [2.45, 2.75) is 19.5 Å². The first kappa shape index (κ1) is 15.7. The van der Waals surface area contributed by atoms with Crippen LogP contribution in [-0.2, 0) is 6.54 Å². The second kappa shape index (κ2) is 6.83. The van der Waals surface area contributed by atoms with Gasteiger partial charge in [-0.15, -0.1) is 0 Å². The Morgan fingerprint density at radius 1 is 1.33 bits per heavy atom. The minimum absolute atomic E-state index is 0.0235. The van der Waals surface area contributed by atoms with E-state index in [0.29, 0.717) is 5.56 Å². The molecule has 3 nitrogen and oxygen atoms in total. The van der Waals surface area contributed by atoms with Gasteiger partial charge in [-0.1, -0.05) is 28.1 Å². The van der Waals surface area contributed by atoms with Gasteiger partial charge in [0.1, 0.15) is 5.82 Å². The fourth-order valence-electron chi connectivity index (χ4n) is 2.00. The maximum absolute atomic E-state index is 13.7. The summed E-state index contributed by atoms with van der Waals surface area (Å²) in [4.78, 5) is 10.9. The summed E-state index contributed by atoms with van der Waals surface area (Å²) in [6, 6.07) is 11.7. The van der Waals surface area contributed by atoms with Gasteiger partial charge in [0, 0.05) is 22.6 Å². The van der Waals surface area contributed by atoms with Gasteiger partial charge in [-0.3, -0.25) is 0 Å². The van der Waals surface area contributed by atoms with Gasteiger partial charge in [-0.25, -0.2) is 9.18 Å². The van der Waals surface area contributed by atoms with Gasteiger partial charge in [0.05, 0.1) is 5.56 Å². The Morgan fingerprint density at radius 2 is 2.10 bits per heavy atom. The Kier molecular flexibility index (Phi) is 5.09. The normalized spacial score (nSPS) is 12.1. The van der Waals surface area contributed by atoms with Crippen LogP contribution in [0.5, 0.6) is 0 Å². The standard InChI is InChI=1S/C16H15BrFNO2/c1-10(11-3-2-4-14(17)8-11)19-9-13-7-12(16(20)21)5-6-15(13)18/h2-8,10,19H,9H2,1H3,(H,20,21). The average molecular weight is 352 g/mol. The number of nitrogens with one attached hydrogen (secondary N) is 1. The molecule has 5 heteroatoms. The number of carboxylic acid groups (broad SMARTS) is 1. The van der Waals surface area contributed by atoms with E-state index in [9.17, 15) is 9.18 Å². The van der Waals surface area contributed by atoms with E-state index in [1.54, 1.807) is 0 Å². The highest BCUT2D eigenvalue weighted by atomic mass is 79.9. The van der Waals surface area contributed by atoms with Crippen molar-refractivity contribution in [1.82, 2.24) is 5.32 Å². The van der Waals surface area contributed by atoms with Crippen LogP contribution in [0.25, 0.3) is 0 Å². The van der Waals surface area contributed by atoms with Crippen LogP contribution in [0, 0.1) is 5.82 Å². The number of benzene rings is 2. The highest BCUT2D eigenvalue weighted by molar-refractivity contribution is 9.10. The number of carbonyl (C=O) groups is 1. The third-order valence-electron chi connectivity index (χ3n) is 3.24. The number of aromatic carboxylic acids is 1. The second-order valence-electron chi connectivity index (χ2n) is 4.77. The molecule has 0 aliphatic rings. The van der Waals surface area contributed by atoms with Gasteiger partial charge in [0.2, 0.25) is 0 Å². The highest BCUT2D eigenvalue weighted by Gasteiger charge is 2.10. The van der Waals surface area contributed by atoms with E-state index >= 15 is 0 Å². The minimum Gasteiger partial charge on any atom is -0.478 e. The first-order valence-corrected chi connectivity index (χ1v) is 7.27. The molecule has 2 aromatic carbocycles. The van der Waals surface area contributed by atoms with Crippen LogP contribution in [0.2, 0.25) is 0 Å². The molecule has 110 valence electrons. The molecular weight excluding hydrogens is 337 g/mol. The maximum Gasteiger partial charge on any atom is 0.335 e. The molecule has 0 bridgehead atoms. The Morgan fingerprint density at radius 3 is 2.76 bits per heavy atom. The van der Waals surface area contributed by atoms with E-state index in [0.717, 1.165) is 10.0 Å². The molecule has 0 fully saturated rings.